The molecule has 0 spiro atoms. The van der Waals surface area contributed by atoms with Gasteiger partial charge in [0.1, 0.15) is 5.82 Å². The Morgan fingerprint density at radius 3 is 2.54 bits per heavy atom. The molecule has 5 nitrogen and oxygen atoms in total. The number of nitrogens with zero attached hydrogens (tertiary/aromatic N) is 1. The predicted molar refractivity (Wildman–Crippen MR) is 111 cm³/mol. The Labute approximate surface area is 164 Å². The minimum Gasteiger partial charge on any atom is -0.390 e. The second kappa shape index (κ2) is 9.39. The van der Waals surface area contributed by atoms with Gasteiger partial charge in [0.2, 0.25) is 5.91 Å². The standard InChI is InChI=1S/C22H26FN3O2/c1-4-16(12-24)21-17(13-25-14-19(21)23)7-10-20(27)26-18-8-5-15(6-9-18)11-22(2,3)28/h4-10,13-14,28H,11-12,24H2,1-3H3,(H,26,27)/b10-7+,16-4+. The smallest absolute Gasteiger partial charge is 0.248 e. The maximum atomic E-state index is 14.2. The zero-order valence-corrected chi connectivity index (χ0v) is 16.4. The van der Waals surface area contributed by atoms with Crippen molar-refractivity contribution < 1.29 is 14.3 Å². The third-order valence-corrected chi connectivity index (χ3v) is 4.09. The molecule has 0 aliphatic carbocycles. The predicted octanol–water partition coefficient (Wildman–Crippen LogP) is 3.55. The number of aliphatic hydroxyl groups is 1. The number of allylic oxidation sites excluding steroid dienone is 1. The summed E-state index contributed by atoms with van der Waals surface area (Å²) >= 11 is 0. The van der Waals surface area contributed by atoms with Gasteiger partial charge < -0.3 is 16.2 Å². The lowest BCUT2D eigenvalue weighted by Crippen LogP contribution is -2.21. The van der Waals surface area contributed by atoms with Gasteiger partial charge in [-0.1, -0.05) is 18.2 Å². The molecule has 0 aliphatic rings. The first-order chi connectivity index (χ1) is 13.2. The van der Waals surface area contributed by atoms with E-state index in [2.05, 4.69) is 10.3 Å². The molecule has 148 valence electrons. The Kier molecular flexibility index (Phi) is 7.20. The monoisotopic (exact) mass is 383 g/mol. The van der Waals surface area contributed by atoms with Crippen LogP contribution in [0.15, 0.2) is 48.8 Å². The van der Waals surface area contributed by atoms with Crippen LogP contribution >= 0.6 is 0 Å². The summed E-state index contributed by atoms with van der Waals surface area (Å²) in [5.74, 6) is -0.830. The Morgan fingerprint density at radius 2 is 1.96 bits per heavy atom. The zero-order chi connectivity index (χ0) is 20.7. The summed E-state index contributed by atoms with van der Waals surface area (Å²) in [5, 5.41) is 12.6. The molecule has 4 N–H and O–H groups in total. The number of pyridine rings is 1. The number of hydrogen-bond acceptors (Lipinski definition) is 4. The lowest BCUT2D eigenvalue weighted by molar-refractivity contribution is -0.111. The van der Waals surface area contributed by atoms with Gasteiger partial charge in [0.25, 0.3) is 0 Å². The van der Waals surface area contributed by atoms with Gasteiger partial charge in [-0.25, -0.2) is 4.39 Å². The number of amides is 1. The van der Waals surface area contributed by atoms with Crippen LogP contribution in [0.25, 0.3) is 11.6 Å². The fourth-order valence-electron chi connectivity index (χ4n) is 2.83. The molecule has 1 aromatic carbocycles. The molecule has 0 saturated carbocycles. The molecule has 0 bridgehead atoms. The minimum absolute atomic E-state index is 0.182. The first-order valence-corrected chi connectivity index (χ1v) is 9.03. The Hall–Kier alpha value is -2.83. The summed E-state index contributed by atoms with van der Waals surface area (Å²) in [6.07, 6.45) is 7.72. The second-order valence-electron chi connectivity index (χ2n) is 7.11. The molecule has 0 fully saturated rings. The topological polar surface area (TPSA) is 88.2 Å². The number of hydrogen-bond donors (Lipinski definition) is 3. The summed E-state index contributed by atoms with van der Waals surface area (Å²) in [5.41, 5.74) is 7.96. The number of benzene rings is 1. The van der Waals surface area contributed by atoms with Crippen molar-refractivity contribution >= 4 is 23.2 Å². The van der Waals surface area contributed by atoms with E-state index < -0.39 is 11.4 Å². The SMILES string of the molecule is C/C=C(\CN)c1c(F)cncc1/C=C/C(=O)Nc1ccc(CC(C)(C)O)cc1. The molecule has 1 aromatic heterocycles. The van der Waals surface area contributed by atoms with E-state index in [1.807, 2.05) is 12.1 Å². The van der Waals surface area contributed by atoms with E-state index in [9.17, 15) is 14.3 Å². The van der Waals surface area contributed by atoms with Crippen LogP contribution in [0.5, 0.6) is 0 Å². The van der Waals surface area contributed by atoms with Gasteiger partial charge >= 0.3 is 0 Å². The highest BCUT2D eigenvalue weighted by Gasteiger charge is 2.13. The third-order valence-electron chi connectivity index (χ3n) is 4.09. The van der Waals surface area contributed by atoms with Crippen molar-refractivity contribution in [3.63, 3.8) is 0 Å². The van der Waals surface area contributed by atoms with Crippen molar-refractivity contribution in [3.05, 3.63) is 71.3 Å². The van der Waals surface area contributed by atoms with Crippen LogP contribution in [-0.2, 0) is 11.2 Å². The number of nitrogens with one attached hydrogen (secondary N) is 1. The molecule has 0 atom stereocenters. The van der Waals surface area contributed by atoms with E-state index in [1.165, 1.54) is 18.3 Å². The fourth-order valence-corrected chi connectivity index (χ4v) is 2.83. The number of carbonyl (C=O) groups is 1. The molecule has 28 heavy (non-hydrogen) atoms. The van der Waals surface area contributed by atoms with Crippen molar-refractivity contribution in [2.75, 3.05) is 11.9 Å². The molecule has 0 unspecified atom stereocenters. The zero-order valence-electron chi connectivity index (χ0n) is 16.4. The number of nitrogens with two attached hydrogens (primary N) is 1. The van der Waals surface area contributed by atoms with E-state index in [0.717, 1.165) is 11.8 Å². The first kappa shape index (κ1) is 21.5. The Morgan fingerprint density at radius 1 is 1.29 bits per heavy atom. The van der Waals surface area contributed by atoms with Gasteiger partial charge in [0.05, 0.1) is 11.8 Å². The molecule has 0 saturated heterocycles. The van der Waals surface area contributed by atoms with E-state index in [0.29, 0.717) is 28.8 Å². The molecular formula is C22H26FN3O2. The Balaban J connectivity index is 2.12. The molecule has 1 heterocycles. The van der Waals surface area contributed by atoms with Crippen LogP contribution in [0.2, 0.25) is 0 Å². The van der Waals surface area contributed by atoms with Crippen LogP contribution in [-0.4, -0.2) is 28.1 Å². The molecule has 6 heteroatoms. The Bertz CT molecular complexity index is 882. The molecule has 0 radical (unpaired) electrons. The third kappa shape index (κ3) is 6.11. The molecule has 2 rings (SSSR count). The summed E-state index contributed by atoms with van der Waals surface area (Å²) in [7, 11) is 0. The normalized spacial score (nSPS) is 12.4. The van der Waals surface area contributed by atoms with E-state index in [-0.39, 0.29) is 12.5 Å². The highest BCUT2D eigenvalue weighted by Crippen LogP contribution is 2.22. The summed E-state index contributed by atoms with van der Waals surface area (Å²) in [6.45, 7) is 5.45. The van der Waals surface area contributed by atoms with Crippen molar-refractivity contribution in [2.24, 2.45) is 5.73 Å². The van der Waals surface area contributed by atoms with Crippen molar-refractivity contribution in [3.8, 4) is 0 Å². The van der Waals surface area contributed by atoms with Gasteiger partial charge in [-0.2, -0.15) is 0 Å². The fraction of sp³-hybridized carbons (Fsp3) is 0.273. The van der Waals surface area contributed by atoms with Crippen LogP contribution in [0.1, 0.15) is 37.5 Å². The van der Waals surface area contributed by atoms with E-state index >= 15 is 0 Å². The van der Waals surface area contributed by atoms with Gasteiger partial charge in [-0.3, -0.25) is 9.78 Å². The lowest BCUT2D eigenvalue weighted by atomic mass is 9.99. The van der Waals surface area contributed by atoms with Crippen molar-refractivity contribution in [1.29, 1.82) is 0 Å². The van der Waals surface area contributed by atoms with Crippen LogP contribution in [0.3, 0.4) is 0 Å². The number of anilines is 1. The summed E-state index contributed by atoms with van der Waals surface area (Å²) < 4.78 is 14.2. The second-order valence-corrected chi connectivity index (χ2v) is 7.11. The number of rotatable bonds is 7. The minimum atomic E-state index is -0.792. The average molecular weight is 383 g/mol. The molecule has 1 amide bonds. The highest BCUT2D eigenvalue weighted by molar-refractivity contribution is 6.02. The van der Waals surface area contributed by atoms with Crippen molar-refractivity contribution in [1.82, 2.24) is 4.98 Å². The summed E-state index contributed by atoms with van der Waals surface area (Å²) in [6, 6.07) is 7.25. The average Bonchev–Trinajstić information content (AvgIpc) is 2.63. The van der Waals surface area contributed by atoms with Crippen LogP contribution in [0.4, 0.5) is 10.1 Å². The largest absolute Gasteiger partial charge is 0.390 e. The lowest BCUT2D eigenvalue weighted by Gasteiger charge is -2.17. The molecule has 0 aliphatic heterocycles. The summed E-state index contributed by atoms with van der Waals surface area (Å²) in [4.78, 5) is 16.1. The van der Waals surface area contributed by atoms with Crippen molar-refractivity contribution in [2.45, 2.75) is 32.8 Å². The number of aromatic nitrogens is 1. The van der Waals surface area contributed by atoms with Gasteiger partial charge in [-0.15, -0.1) is 0 Å². The maximum absolute atomic E-state index is 14.2. The van der Waals surface area contributed by atoms with Gasteiger partial charge in [-0.05, 0) is 50.1 Å². The number of halogens is 1. The molecule has 2 aromatic rings. The first-order valence-electron chi connectivity index (χ1n) is 9.03. The van der Waals surface area contributed by atoms with Gasteiger partial charge in [0.15, 0.2) is 0 Å². The van der Waals surface area contributed by atoms with E-state index in [4.69, 9.17) is 5.73 Å². The quantitative estimate of drug-likeness (QED) is 0.638. The molecular weight excluding hydrogens is 357 g/mol. The highest BCUT2D eigenvalue weighted by atomic mass is 19.1. The van der Waals surface area contributed by atoms with Gasteiger partial charge in [0, 0.05) is 42.1 Å². The van der Waals surface area contributed by atoms with E-state index in [1.54, 1.807) is 39.0 Å². The number of carbonyl (C=O) groups excluding carboxylic acids is 1. The van der Waals surface area contributed by atoms with Crippen LogP contribution in [0, 0.1) is 5.82 Å². The van der Waals surface area contributed by atoms with Crippen LogP contribution < -0.4 is 11.1 Å². The maximum Gasteiger partial charge on any atom is 0.248 e.